The van der Waals surface area contributed by atoms with E-state index in [0.29, 0.717) is 11.3 Å². The van der Waals surface area contributed by atoms with E-state index in [1.807, 2.05) is 0 Å². The molecule has 0 bridgehead atoms. The van der Waals surface area contributed by atoms with E-state index < -0.39 is 6.50 Å². The van der Waals surface area contributed by atoms with Crippen molar-refractivity contribution in [3.63, 3.8) is 0 Å². The molecule has 1 aromatic rings. The monoisotopic (exact) mass is 134 g/mol. The molecule has 2 heteroatoms. The minimum absolute atomic E-state index is 0.590. The summed E-state index contributed by atoms with van der Waals surface area (Å²) in [7, 11) is 0. The van der Waals surface area contributed by atoms with Gasteiger partial charge in [-0.15, -0.1) is 0 Å². The highest BCUT2D eigenvalue weighted by molar-refractivity contribution is 5.50. The molecule has 0 aliphatic carbocycles. The van der Waals surface area contributed by atoms with Crippen LogP contribution in [0, 0.1) is 0 Å². The van der Waals surface area contributed by atoms with Gasteiger partial charge in [0.05, 0.1) is 8.44 Å². The van der Waals surface area contributed by atoms with Gasteiger partial charge in [0.2, 0.25) is 0 Å². The lowest BCUT2D eigenvalue weighted by Gasteiger charge is -2.09. The molecule has 0 radical (unpaired) electrons. The largest absolute Gasteiger partial charge is 0.387 e. The molecular weight excluding hydrogens is 124 g/mol. The highest BCUT2D eigenvalue weighted by Crippen LogP contribution is 2.09. The van der Waals surface area contributed by atoms with Crippen LogP contribution in [0.1, 0.15) is 14.0 Å². The molecule has 1 N–H and O–H groups in total. The molecule has 0 fully saturated rings. The van der Waals surface area contributed by atoms with Crippen molar-refractivity contribution >= 4 is 6.08 Å². The van der Waals surface area contributed by atoms with Crippen LogP contribution < -0.4 is 5.32 Å². The van der Waals surface area contributed by atoms with Crippen LogP contribution in [0.25, 0.3) is 6.08 Å². The quantitative estimate of drug-likeness (QED) is 0.575. The maximum Gasteiger partial charge on any atom is 0.0693 e. The smallest absolute Gasteiger partial charge is 0.0693 e. The second-order valence-corrected chi connectivity index (χ2v) is 2.04. The SMILES string of the molecule is [2H]C1([2H])NC=Cc2ncccc21. The van der Waals surface area contributed by atoms with E-state index in [-0.39, 0.29) is 0 Å². The van der Waals surface area contributed by atoms with Gasteiger partial charge in [0.25, 0.3) is 0 Å². The van der Waals surface area contributed by atoms with Gasteiger partial charge in [-0.2, -0.15) is 0 Å². The molecule has 0 amide bonds. The van der Waals surface area contributed by atoms with Crippen LogP contribution in [-0.2, 0) is 6.50 Å². The Morgan fingerprint density at radius 2 is 2.70 bits per heavy atom. The van der Waals surface area contributed by atoms with E-state index in [4.69, 9.17) is 2.74 Å². The van der Waals surface area contributed by atoms with E-state index in [2.05, 4.69) is 10.3 Å². The molecule has 0 saturated heterocycles. The fraction of sp³-hybridized carbons (Fsp3) is 0.125. The van der Waals surface area contributed by atoms with Crippen LogP contribution in [0.4, 0.5) is 0 Å². The summed E-state index contributed by atoms with van der Waals surface area (Å²) in [5, 5.41) is 2.63. The minimum Gasteiger partial charge on any atom is -0.387 e. The third kappa shape index (κ3) is 0.778. The zero-order valence-corrected chi connectivity index (χ0v) is 5.33. The Labute approximate surface area is 62.4 Å². The number of nitrogens with zero attached hydrogens (tertiary/aromatic N) is 1. The van der Waals surface area contributed by atoms with Crippen LogP contribution >= 0.6 is 0 Å². The molecule has 0 spiro atoms. The zero-order chi connectivity index (χ0) is 8.60. The molecule has 50 valence electrons. The fourth-order valence-electron chi connectivity index (χ4n) is 0.896. The first-order valence-corrected chi connectivity index (χ1v) is 3.10. The summed E-state index contributed by atoms with van der Waals surface area (Å²) < 4.78 is 15.1. The minimum atomic E-state index is -1.49. The molecule has 0 saturated carbocycles. The van der Waals surface area contributed by atoms with Gasteiger partial charge in [-0.3, -0.25) is 4.98 Å². The van der Waals surface area contributed by atoms with Gasteiger partial charge < -0.3 is 5.32 Å². The lowest BCUT2D eigenvalue weighted by molar-refractivity contribution is 0.848. The molecule has 2 nitrogen and oxygen atoms in total. The van der Waals surface area contributed by atoms with Gasteiger partial charge in [0.15, 0.2) is 0 Å². The predicted molar refractivity (Wildman–Crippen MR) is 40.1 cm³/mol. The topological polar surface area (TPSA) is 24.9 Å². The van der Waals surface area contributed by atoms with Crippen LogP contribution in [0.3, 0.4) is 0 Å². The van der Waals surface area contributed by atoms with Crippen molar-refractivity contribution < 1.29 is 2.74 Å². The normalized spacial score (nSPS) is 22.0. The number of fused-ring (bicyclic) bond motifs is 1. The third-order valence-corrected chi connectivity index (χ3v) is 1.37. The maximum absolute atomic E-state index is 7.57. The molecule has 0 aromatic carbocycles. The summed E-state index contributed by atoms with van der Waals surface area (Å²) in [6.45, 7) is -1.49. The number of rotatable bonds is 0. The highest BCUT2D eigenvalue weighted by Gasteiger charge is 2.01. The average molecular weight is 134 g/mol. The van der Waals surface area contributed by atoms with Crippen molar-refractivity contribution in [2.75, 3.05) is 0 Å². The molecule has 1 aromatic heterocycles. The number of pyridine rings is 1. The first kappa shape index (κ1) is 3.76. The maximum atomic E-state index is 7.57. The number of hydrogen-bond acceptors (Lipinski definition) is 2. The molecular formula is C8H8N2. The van der Waals surface area contributed by atoms with E-state index >= 15 is 0 Å². The molecule has 0 atom stereocenters. The fourth-order valence-corrected chi connectivity index (χ4v) is 0.896. The van der Waals surface area contributed by atoms with E-state index in [1.54, 1.807) is 30.6 Å². The lowest BCUT2D eigenvalue weighted by Crippen LogP contribution is -2.10. The first-order chi connectivity index (χ1) is 5.70. The summed E-state index contributed by atoms with van der Waals surface area (Å²) >= 11 is 0. The summed E-state index contributed by atoms with van der Waals surface area (Å²) in [4.78, 5) is 4.05. The highest BCUT2D eigenvalue weighted by atomic mass is 14.8. The van der Waals surface area contributed by atoms with Crippen molar-refractivity contribution in [3.05, 3.63) is 35.8 Å². The van der Waals surface area contributed by atoms with E-state index in [0.717, 1.165) is 0 Å². The van der Waals surface area contributed by atoms with Crippen molar-refractivity contribution in [2.24, 2.45) is 0 Å². The third-order valence-electron chi connectivity index (χ3n) is 1.37. The lowest BCUT2D eigenvalue weighted by atomic mass is 10.1. The van der Waals surface area contributed by atoms with E-state index in [1.165, 1.54) is 0 Å². The molecule has 2 rings (SSSR count). The Kier molecular flexibility index (Phi) is 0.804. The molecule has 1 aliphatic heterocycles. The van der Waals surface area contributed by atoms with Crippen molar-refractivity contribution in [1.29, 1.82) is 0 Å². The van der Waals surface area contributed by atoms with E-state index in [9.17, 15) is 0 Å². The Bertz CT molecular complexity index is 334. The zero-order valence-electron chi connectivity index (χ0n) is 7.33. The number of hydrogen-bond donors (Lipinski definition) is 1. The standard InChI is InChI=1S/C8H8N2/c1-2-7-6-9-5-3-8(7)10-4-1/h1-5,9H,6H2/i6D2. The molecule has 1 aliphatic rings. The second kappa shape index (κ2) is 2.14. The summed E-state index contributed by atoms with van der Waals surface area (Å²) in [5.41, 5.74) is 1.29. The summed E-state index contributed by atoms with van der Waals surface area (Å²) in [6.07, 6.45) is 5.00. The number of nitrogens with one attached hydrogen (secondary N) is 1. The van der Waals surface area contributed by atoms with Gasteiger partial charge in [0, 0.05) is 12.7 Å². The Morgan fingerprint density at radius 1 is 1.70 bits per heavy atom. The molecule has 10 heavy (non-hydrogen) atoms. The van der Waals surface area contributed by atoms with Crippen molar-refractivity contribution in [3.8, 4) is 0 Å². The number of aromatic nitrogens is 1. The van der Waals surface area contributed by atoms with Crippen LogP contribution in [0.15, 0.2) is 24.5 Å². The van der Waals surface area contributed by atoms with Crippen LogP contribution in [-0.4, -0.2) is 4.98 Å². The Morgan fingerprint density at radius 3 is 3.60 bits per heavy atom. The van der Waals surface area contributed by atoms with Gasteiger partial charge >= 0.3 is 0 Å². The molecule has 0 unspecified atom stereocenters. The van der Waals surface area contributed by atoms with Gasteiger partial charge in [-0.05, 0) is 23.9 Å². The summed E-state index contributed by atoms with van der Waals surface area (Å²) in [6, 6.07) is 3.47. The van der Waals surface area contributed by atoms with Crippen LogP contribution in [0.5, 0.6) is 0 Å². The molecule has 2 heterocycles. The van der Waals surface area contributed by atoms with Crippen molar-refractivity contribution in [2.45, 2.75) is 6.50 Å². The van der Waals surface area contributed by atoms with Gasteiger partial charge in [-0.1, -0.05) is 6.07 Å². The Hall–Kier alpha value is -1.31. The summed E-state index contributed by atoms with van der Waals surface area (Å²) in [5.74, 6) is 0. The average Bonchev–Trinajstić information content (AvgIpc) is 2.04. The Balaban J connectivity index is 2.60. The van der Waals surface area contributed by atoms with Gasteiger partial charge in [0.1, 0.15) is 0 Å². The predicted octanol–water partition coefficient (Wildman–Crippen LogP) is 1.16. The van der Waals surface area contributed by atoms with Crippen LogP contribution in [0.2, 0.25) is 0 Å². The van der Waals surface area contributed by atoms with Gasteiger partial charge in [-0.25, -0.2) is 0 Å². The first-order valence-electron chi connectivity index (χ1n) is 4.10. The van der Waals surface area contributed by atoms with Crippen molar-refractivity contribution in [1.82, 2.24) is 10.3 Å². The second-order valence-electron chi connectivity index (χ2n) is 2.04.